The maximum atomic E-state index is 6.13. The van der Waals surface area contributed by atoms with Gasteiger partial charge in [-0.25, -0.2) is 0 Å². The molecule has 15 heavy (non-hydrogen) atoms. The van der Waals surface area contributed by atoms with Crippen LogP contribution >= 0.6 is 11.6 Å². The fourth-order valence-corrected chi connectivity index (χ4v) is 2.05. The van der Waals surface area contributed by atoms with Crippen LogP contribution in [-0.4, -0.2) is 10.1 Å². The second-order valence-electron chi connectivity index (χ2n) is 4.37. The van der Waals surface area contributed by atoms with Gasteiger partial charge in [-0.05, 0) is 25.2 Å². The average molecular weight is 229 g/mol. The van der Waals surface area contributed by atoms with Gasteiger partial charge < -0.3 is 4.52 Å². The molecule has 0 bridgehead atoms. The first-order valence-electron chi connectivity index (χ1n) is 5.70. The van der Waals surface area contributed by atoms with E-state index in [1.54, 1.807) is 0 Å². The van der Waals surface area contributed by atoms with Crippen molar-refractivity contribution in [3.63, 3.8) is 0 Å². The molecule has 1 aliphatic rings. The Bertz CT molecular complexity index is 322. The van der Waals surface area contributed by atoms with Crippen LogP contribution in [0.15, 0.2) is 4.52 Å². The van der Waals surface area contributed by atoms with E-state index in [0.29, 0.717) is 11.7 Å². The fourth-order valence-electron chi connectivity index (χ4n) is 1.74. The van der Waals surface area contributed by atoms with Crippen molar-refractivity contribution in [2.45, 2.75) is 50.8 Å². The standard InChI is InChI=1S/C11H17ClN2O/c1-3-4-9(12)10-13-11(15-14-10)7(2)8-5-6-8/h7-9H,3-6H2,1-2H3. The molecule has 0 saturated heterocycles. The zero-order chi connectivity index (χ0) is 10.8. The third-order valence-corrected chi connectivity index (χ3v) is 3.41. The number of aromatic nitrogens is 2. The lowest BCUT2D eigenvalue weighted by atomic mass is 10.1. The van der Waals surface area contributed by atoms with E-state index >= 15 is 0 Å². The van der Waals surface area contributed by atoms with E-state index < -0.39 is 0 Å². The Morgan fingerprint density at radius 2 is 2.27 bits per heavy atom. The highest BCUT2D eigenvalue weighted by molar-refractivity contribution is 6.20. The number of hydrogen-bond donors (Lipinski definition) is 0. The third-order valence-electron chi connectivity index (χ3n) is 3.00. The molecular formula is C11H17ClN2O. The van der Waals surface area contributed by atoms with Crippen molar-refractivity contribution < 1.29 is 4.52 Å². The number of alkyl halides is 1. The van der Waals surface area contributed by atoms with Crippen LogP contribution in [0.25, 0.3) is 0 Å². The highest BCUT2D eigenvalue weighted by atomic mass is 35.5. The molecule has 2 unspecified atom stereocenters. The van der Waals surface area contributed by atoms with Crippen LogP contribution in [0.4, 0.5) is 0 Å². The molecule has 0 aromatic carbocycles. The van der Waals surface area contributed by atoms with E-state index in [0.717, 1.165) is 24.7 Å². The molecule has 1 aliphatic carbocycles. The molecule has 0 amide bonds. The SMILES string of the molecule is CCCC(Cl)c1noc(C(C)C2CC2)n1. The summed E-state index contributed by atoms with van der Waals surface area (Å²) < 4.78 is 5.25. The van der Waals surface area contributed by atoms with E-state index in [1.807, 2.05) is 0 Å². The van der Waals surface area contributed by atoms with Crippen LogP contribution in [0.1, 0.15) is 62.5 Å². The second kappa shape index (κ2) is 4.52. The summed E-state index contributed by atoms with van der Waals surface area (Å²) in [5.41, 5.74) is 0. The Balaban J connectivity index is 2.02. The zero-order valence-electron chi connectivity index (χ0n) is 9.24. The molecule has 2 rings (SSSR count). The van der Waals surface area contributed by atoms with Gasteiger partial charge in [-0.1, -0.05) is 25.4 Å². The summed E-state index contributed by atoms with van der Waals surface area (Å²) in [6.07, 6.45) is 4.52. The topological polar surface area (TPSA) is 38.9 Å². The van der Waals surface area contributed by atoms with Gasteiger partial charge >= 0.3 is 0 Å². The summed E-state index contributed by atoms with van der Waals surface area (Å²) in [7, 11) is 0. The average Bonchev–Trinajstić information content (AvgIpc) is 2.95. The van der Waals surface area contributed by atoms with E-state index in [4.69, 9.17) is 16.1 Å². The van der Waals surface area contributed by atoms with Gasteiger partial charge in [0.15, 0.2) is 5.82 Å². The quantitative estimate of drug-likeness (QED) is 0.722. The lowest BCUT2D eigenvalue weighted by molar-refractivity contribution is 0.344. The summed E-state index contributed by atoms with van der Waals surface area (Å²) >= 11 is 6.13. The molecule has 1 heterocycles. The molecule has 1 fully saturated rings. The first kappa shape index (κ1) is 10.9. The summed E-state index contributed by atoms with van der Waals surface area (Å²) in [6.45, 7) is 4.25. The van der Waals surface area contributed by atoms with Crippen LogP contribution in [-0.2, 0) is 0 Å². The predicted octanol–water partition coefficient (Wildman–Crippen LogP) is 3.66. The Morgan fingerprint density at radius 1 is 1.53 bits per heavy atom. The first-order chi connectivity index (χ1) is 7.22. The highest BCUT2D eigenvalue weighted by Gasteiger charge is 2.32. The molecule has 0 spiro atoms. The normalized spacial score (nSPS) is 20.2. The molecule has 1 saturated carbocycles. The number of rotatable bonds is 5. The summed E-state index contributed by atoms with van der Waals surface area (Å²) in [5.74, 6) is 2.56. The van der Waals surface area contributed by atoms with E-state index in [2.05, 4.69) is 24.0 Å². The second-order valence-corrected chi connectivity index (χ2v) is 4.90. The molecule has 84 valence electrons. The van der Waals surface area contributed by atoms with E-state index in [1.165, 1.54) is 12.8 Å². The highest BCUT2D eigenvalue weighted by Crippen LogP contribution is 2.41. The molecule has 2 atom stereocenters. The zero-order valence-corrected chi connectivity index (χ0v) is 10.00. The Morgan fingerprint density at radius 3 is 2.87 bits per heavy atom. The van der Waals surface area contributed by atoms with Gasteiger partial charge in [0.2, 0.25) is 5.89 Å². The van der Waals surface area contributed by atoms with Crippen molar-refractivity contribution in [3.05, 3.63) is 11.7 Å². The van der Waals surface area contributed by atoms with Crippen molar-refractivity contribution in [2.75, 3.05) is 0 Å². The first-order valence-corrected chi connectivity index (χ1v) is 6.13. The van der Waals surface area contributed by atoms with E-state index in [9.17, 15) is 0 Å². The number of hydrogen-bond acceptors (Lipinski definition) is 3. The van der Waals surface area contributed by atoms with Crippen LogP contribution < -0.4 is 0 Å². The Hall–Kier alpha value is -0.570. The summed E-state index contributed by atoms with van der Waals surface area (Å²) in [5, 5.41) is 3.85. The van der Waals surface area contributed by atoms with Crippen molar-refractivity contribution in [2.24, 2.45) is 5.92 Å². The smallest absolute Gasteiger partial charge is 0.229 e. The monoisotopic (exact) mass is 228 g/mol. The Labute approximate surface area is 95.2 Å². The van der Waals surface area contributed by atoms with Crippen molar-refractivity contribution in [1.82, 2.24) is 10.1 Å². The van der Waals surface area contributed by atoms with Gasteiger partial charge in [0, 0.05) is 5.92 Å². The minimum absolute atomic E-state index is 0.0982. The largest absolute Gasteiger partial charge is 0.339 e. The van der Waals surface area contributed by atoms with Crippen LogP contribution in [0.3, 0.4) is 0 Å². The van der Waals surface area contributed by atoms with Gasteiger partial charge in [-0.2, -0.15) is 4.98 Å². The molecule has 0 N–H and O–H groups in total. The molecule has 1 aromatic rings. The third kappa shape index (κ3) is 2.51. The lowest BCUT2D eigenvalue weighted by Gasteiger charge is -2.02. The molecule has 0 aliphatic heterocycles. The Kier molecular flexibility index (Phi) is 3.29. The lowest BCUT2D eigenvalue weighted by Crippen LogP contribution is -1.97. The summed E-state index contributed by atoms with van der Waals surface area (Å²) in [4.78, 5) is 4.38. The maximum absolute atomic E-state index is 6.13. The predicted molar refractivity (Wildman–Crippen MR) is 58.9 cm³/mol. The van der Waals surface area contributed by atoms with Crippen molar-refractivity contribution in [3.8, 4) is 0 Å². The minimum Gasteiger partial charge on any atom is -0.339 e. The molecule has 4 heteroatoms. The van der Waals surface area contributed by atoms with Crippen LogP contribution in [0, 0.1) is 5.92 Å². The molecular weight excluding hydrogens is 212 g/mol. The summed E-state index contributed by atoms with van der Waals surface area (Å²) in [6, 6.07) is 0. The number of halogens is 1. The van der Waals surface area contributed by atoms with Gasteiger partial charge in [-0.3, -0.25) is 0 Å². The molecule has 1 aromatic heterocycles. The van der Waals surface area contributed by atoms with Gasteiger partial charge in [0.05, 0.1) is 5.38 Å². The van der Waals surface area contributed by atoms with E-state index in [-0.39, 0.29) is 5.38 Å². The fraction of sp³-hybridized carbons (Fsp3) is 0.818. The molecule has 3 nitrogen and oxygen atoms in total. The van der Waals surface area contributed by atoms with Gasteiger partial charge in [0.1, 0.15) is 0 Å². The maximum Gasteiger partial charge on any atom is 0.229 e. The number of nitrogens with zero attached hydrogens (tertiary/aromatic N) is 2. The van der Waals surface area contributed by atoms with Crippen LogP contribution in [0.2, 0.25) is 0 Å². The van der Waals surface area contributed by atoms with Gasteiger partial charge in [-0.15, -0.1) is 11.6 Å². The minimum atomic E-state index is -0.0982. The van der Waals surface area contributed by atoms with Crippen LogP contribution in [0.5, 0.6) is 0 Å². The van der Waals surface area contributed by atoms with Gasteiger partial charge in [0.25, 0.3) is 0 Å². The van der Waals surface area contributed by atoms with Crippen molar-refractivity contribution >= 4 is 11.6 Å². The molecule has 0 radical (unpaired) electrons. The van der Waals surface area contributed by atoms with Crippen molar-refractivity contribution in [1.29, 1.82) is 0 Å².